The van der Waals surface area contributed by atoms with Crippen molar-refractivity contribution < 1.29 is 22.8 Å². The summed E-state index contributed by atoms with van der Waals surface area (Å²) in [6.07, 6.45) is 0.601. The van der Waals surface area contributed by atoms with Crippen LogP contribution in [0.4, 0.5) is 8.78 Å². The molecule has 0 bridgehead atoms. The standard InChI is InChI=1S/C29H34ClF2N7O3/c1-16(22-12-17(31)15-39(22)4)40-23-14-24(41-19-9-11-34-18(13-19)8-10-33)36-26(35-23)27-37-28(42-38-27)29(2,3)25-20(30)6-5-7-21(25)32/h5-7,14,16-19,22,34H,8-9,11-13,15H2,1-4H3/t16-,17+,18+,19-,22-/m0/s1. The summed E-state index contributed by atoms with van der Waals surface area (Å²) < 4.78 is 46.9. The summed E-state index contributed by atoms with van der Waals surface area (Å²) in [5.74, 6) is 0.232. The van der Waals surface area contributed by atoms with Crippen LogP contribution in [0.5, 0.6) is 11.8 Å². The number of hydrogen-bond acceptors (Lipinski definition) is 10. The molecule has 224 valence electrons. The van der Waals surface area contributed by atoms with E-state index in [1.54, 1.807) is 26.0 Å². The van der Waals surface area contributed by atoms with Gasteiger partial charge in [-0.25, -0.2) is 8.78 Å². The van der Waals surface area contributed by atoms with Crippen LogP contribution < -0.4 is 14.8 Å². The number of benzene rings is 1. The normalized spacial score (nSPS) is 23.9. The SMILES string of the molecule is C[C@H](Oc1cc(O[C@H]2CCN[C@H](CC#N)C2)nc(-c2noc(C(C)(C)c3c(F)cccc3Cl)n2)n1)[C@@H]1C[C@@H](F)CN1C. The van der Waals surface area contributed by atoms with Gasteiger partial charge < -0.3 is 19.3 Å². The lowest BCUT2D eigenvalue weighted by molar-refractivity contribution is 0.113. The number of nitrogens with one attached hydrogen (secondary N) is 1. The fourth-order valence-corrected chi connectivity index (χ4v) is 6.09. The molecule has 2 aliphatic heterocycles. The molecule has 0 spiro atoms. The van der Waals surface area contributed by atoms with Crippen molar-refractivity contribution in [2.24, 2.45) is 0 Å². The minimum absolute atomic E-state index is 0.0181. The Kier molecular flexibility index (Phi) is 8.92. The Morgan fingerprint density at radius 3 is 2.74 bits per heavy atom. The number of aromatic nitrogens is 4. The number of nitrogens with zero attached hydrogens (tertiary/aromatic N) is 6. The lowest BCUT2D eigenvalue weighted by atomic mass is 9.84. The first kappa shape index (κ1) is 30.1. The number of ether oxygens (including phenoxy) is 2. The highest BCUT2D eigenvalue weighted by molar-refractivity contribution is 6.31. The molecule has 3 aromatic rings. The summed E-state index contributed by atoms with van der Waals surface area (Å²) in [6, 6.07) is 8.12. The maximum Gasteiger partial charge on any atom is 0.240 e. The van der Waals surface area contributed by atoms with Crippen molar-refractivity contribution in [1.82, 2.24) is 30.3 Å². The van der Waals surface area contributed by atoms with E-state index in [-0.39, 0.29) is 64.2 Å². The van der Waals surface area contributed by atoms with Crippen molar-refractivity contribution in [2.45, 2.75) is 82.3 Å². The van der Waals surface area contributed by atoms with Gasteiger partial charge in [0.2, 0.25) is 29.3 Å². The van der Waals surface area contributed by atoms with E-state index in [0.29, 0.717) is 32.4 Å². The van der Waals surface area contributed by atoms with E-state index in [2.05, 4.69) is 31.5 Å². The van der Waals surface area contributed by atoms with Gasteiger partial charge in [0, 0.05) is 35.6 Å². The first-order valence-electron chi connectivity index (χ1n) is 14.0. The number of piperidine rings is 1. The second kappa shape index (κ2) is 12.5. The van der Waals surface area contributed by atoms with Gasteiger partial charge in [-0.3, -0.25) is 4.90 Å². The van der Waals surface area contributed by atoms with E-state index >= 15 is 0 Å². The van der Waals surface area contributed by atoms with Crippen LogP contribution in [0, 0.1) is 17.1 Å². The fraction of sp³-hybridized carbons (Fsp3) is 0.552. The first-order chi connectivity index (χ1) is 20.0. The van der Waals surface area contributed by atoms with Crippen LogP contribution in [-0.4, -0.2) is 75.6 Å². The van der Waals surface area contributed by atoms with Crippen molar-refractivity contribution in [3.8, 4) is 29.5 Å². The predicted molar refractivity (Wildman–Crippen MR) is 151 cm³/mol. The van der Waals surface area contributed by atoms with Crippen LogP contribution in [0.15, 0.2) is 28.8 Å². The van der Waals surface area contributed by atoms with Gasteiger partial charge in [-0.1, -0.05) is 22.8 Å². The average Bonchev–Trinajstić information content (AvgIpc) is 3.56. The van der Waals surface area contributed by atoms with Gasteiger partial charge in [-0.15, -0.1) is 0 Å². The molecule has 0 amide bonds. The van der Waals surface area contributed by atoms with E-state index < -0.39 is 17.4 Å². The van der Waals surface area contributed by atoms with Gasteiger partial charge in [0.15, 0.2) is 0 Å². The monoisotopic (exact) mass is 601 g/mol. The highest BCUT2D eigenvalue weighted by atomic mass is 35.5. The van der Waals surface area contributed by atoms with E-state index in [0.717, 1.165) is 6.42 Å². The Bertz CT molecular complexity index is 1430. The summed E-state index contributed by atoms with van der Waals surface area (Å²) in [5, 5.41) is 16.8. The molecule has 4 heterocycles. The minimum atomic E-state index is -1.06. The molecular formula is C29H34ClF2N7O3. The van der Waals surface area contributed by atoms with Crippen LogP contribution >= 0.6 is 11.6 Å². The molecule has 2 fully saturated rings. The number of nitriles is 1. The Morgan fingerprint density at radius 2 is 2.02 bits per heavy atom. The zero-order chi connectivity index (χ0) is 30.0. The zero-order valence-corrected chi connectivity index (χ0v) is 24.7. The van der Waals surface area contributed by atoms with E-state index in [1.807, 2.05) is 18.9 Å². The molecule has 13 heteroatoms. The summed E-state index contributed by atoms with van der Waals surface area (Å²) >= 11 is 6.34. The fourth-order valence-electron chi connectivity index (χ4n) is 5.69. The molecule has 0 aliphatic carbocycles. The van der Waals surface area contributed by atoms with E-state index in [1.165, 1.54) is 12.1 Å². The molecule has 2 saturated heterocycles. The topological polar surface area (TPSA) is 122 Å². The highest BCUT2D eigenvalue weighted by Crippen LogP contribution is 2.37. The van der Waals surface area contributed by atoms with Crippen molar-refractivity contribution in [3.05, 3.63) is 46.6 Å². The highest BCUT2D eigenvalue weighted by Gasteiger charge is 2.36. The van der Waals surface area contributed by atoms with Crippen molar-refractivity contribution in [1.29, 1.82) is 5.26 Å². The van der Waals surface area contributed by atoms with Crippen LogP contribution in [0.3, 0.4) is 0 Å². The number of halogens is 3. The van der Waals surface area contributed by atoms with Gasteiger partial charge in [0.1, 0.15) is 24.2 Å². The maximum absolute atomic E-state index is 14.8. The van der Waals surface area contributed by atoms with Crippen LogP contribution in [-0.2, 0) is 5.41 Å². The average molecular weight is 602 g/mol. The largest absolute Gasteiger partial charge is 0.474 e. The van der Waals surface area contributed by atoms with Gasteiger partial charge in [-0.2, -0.15) is 20.2 Å². The summed E-state index contributed by atoms with van der Waals surface area (Å²) in [6.45, 7) is 6.38. The molecule has 1 N–H and O–H groups in total. The zero-order valence-electron chi connectivity index (χ0n) is 24.0. The lowest BCUT2D eigenvalue weighted by Gasteiger charge is -2.29. The van der Waals surface area contributed by atoms with Crippen LogP contribution in [0.1, 0.15) is 57.9 Å². The van der Waals surface area contributed by atoms with E-state index in [9.17, 15) is 8.78 Å². The Morgan fingerprint density at radius 1 is 1.24 bits per heavy atom. The minimum Gasteiger partial charge on any atom is -0.474 e. The number of rotatable bonds is 9. The van der Waals surface area contributed by atoms with Gasteiger partial charge in [0.25, 0.3) is 0 Å². The molecule has 10 nitrogen and oxygen atoms in total. The van der Waals surface area contributed by atoms with Gasteiger partial charge >= 0.3 is 0 Å². The van der Waals surface area contributed by atoms with Crippen molar-refractivity contribution >= 4 is 11.6 Å². The molecule has 2 aromatic heterocycles. The predicted octanol–water partition coefficient (Wildman–Crippen LogP) is 4.87. The Hall–Kier alpha value is -3.40. The molecule has 0 saturated carbocycles. The van der Waals surface area contributed by atoms with Crippen molar-refractivity contribution in [2.75, 3.05) is 20.1 Å². The summed E-state index contributed by atoms with van der Waals surface area (Å²) in [4.78, 5) is 15.5. The van der Waals surface area contributed by atoms with Gasteiger partial charge in [-0.05, 0) is 59.3 Å². The molecule has 2 aliphatic rings. The molecule has 5 rings (SSSR count). The molecule has 42 heavy (non-hydrogen) atoms. The Labute approximate surface area is 248 Å². The number of hydrogen-bond donors (Lipinski definition) is 1. The van der Waals surface area contributed by atoms with Crippen LogP contribution in [0.25, 0.3) is 11.6 Å². The third-order valence-corrected chi connectivity index (χ3v) is 8.21. The molecule has 0 radical (unpaired) electrons. The Balaban J connectivity index is 1.45. The molecule has 0 unspecified atom stereocenters. The first-order valence-corrected chi connectivity index (χ1v) is 14.4. The van der Waals surface area contributed by atoms with Crippen molar-refractivity contribution in [3.63, 3.8) is 0 Å². The molecular weight excluding hydrogens is 568 g/mol. The second-order valence-electron chi connectivity index (χ2n) is 11.5. The maximum atomic E-state index is 14.8. The molecule has 1 aromatic carbocycles. The lowest BCUT2D eigenvalue weighted by Crippen LogP contribution is -2.42. The second-order valence-corrected chi connectivity index (χ2v) is 11.9. The van der Waals surface area contributed by atoms with Gasteiger partial charge in [0.05, 0.1) is 24.0 Å². The number of likely N-dealkylation sites (tertiary alicyclic amines) is 1. The number of likely N-dealkylation sites (N-methyl/N-ethyl adjacent to an activating group) is 1. The smallest absolute Gasteiger partial charge is 0.240 e. The summed E-state index contributed by atoms with van der Waals surface area (Å²) in [7, 11) is 1.86. The number of alkyl halides is 1. The van der Waals surface area contributed by atoms with E-state index in [4.69, 9.17) is 30.9 Å². The quantitative estimate of drug-likeness (QED) is 0.363. The van der Waals surface area contributed by atoms with Crippen LogP contribution in [0.2, 0.25) is 5.02 Å². The third kappa shape index (κ3) is 6.48. The summed E-state index contributed by atoms with van der Waals surface area (Å²) in [5.41, 5.74) is -0.835. The third-order valence-electron chi connectivity index (χ3n) is 7.90. The molecule has 5 atom stereocenters.